The Balaban J connectivity index is 2.35. The van der Waals surface area contributed by atoms with Crippen molar-refractivity contribution in [1.82, 2.24) is 4.98 Å². The van der Waals surface area contributed by atoms with Gasteiger partial charge in [-0.05, 0) is 32.2 Å². The predicted molar refractivity (Wildman–Crippen MR) is 74.3 cm³/mol. The molecule has 1 aromatic heterocycles. The number of hydrogen-bond acceptors (Lipinski definition) is 6. The molecular formula is C13H17N5O2. The van der Waals surface area contributed by atoms with Crippen molar-refractivity contribution in [2.45, 2.75) is 31.7 Å². The Morgan fingerprint density at radius 2 is 2.40 bits per heavy atom. The number of rotatable bonds is 4. The molecule has 1 unspecified atom stereocenters. The monoisotopic (exact) mass is 275 g/mol. The van der Waals surface area contributed by atoms with Crippen LogP contribution in [-0.4, -0.2) is 29.0 Å². The van der Waals surface area contributed by atoms with Crippen LogP contribution in [0.1, 0.15) is 31.2 Å². The summed E-state index contributed by atoms with van der Waals surface area (Å²) in [5.41, 5.74) is 5.73. The number of nitriles is 1. The van der Waals surface area contributed by atoms with Crippen LogP contribution in [0.5, 0.6) is 0 Å². The molecule has 7 heteroatoms. The number of aromatic nitrogens is 1. The van der Waals surface area contributed by atoms with Crippen LogP contribution >= 0.6 is 0 Å². The molecule has 1 fully saturated rings. The third kappa shape index (κ3) is 2.86. The van der Waals surface area contributed by atoms with Gasteiger partial charge in [-0.15, -0.1) is 0 Å². The van der Waals surface area contributed by atoms with Gasteiger partial charge in [0.25, 0.3) is 5.69 Å². The molecule has 7 nitrogen and oxygen atoms in total. The van der Waals surface area contributed by atoms with E-state index in [1.54, 1.807) is 0 Å². The van der Waals surface area contributed by atoms with Gasteiger partial charge in [-0.25, -0.2) is 4.98 Å². The Morgan fingerprint density at radius 1 is 1.60 bits per heavy atom. The Bertz CT molecular complexity index is 538. The van der Waals surface area contributed by atoms with Crippen molar-refractivity contribution in [2.75, 3.05) is 18.0 Å². The van der Waals surface area contributed by atoms with Crippen molar-refractivity contribution < 1.29 is 4.92 Å². The molecule has 0 spiro atoms. The molecule has 1 aliphatic rings. The van der Waals surface area contributed by atoms with E-state index >= 15 is 0 Å². The maximum absolute atomic E-state index is 10.7. The second-order valence-electron chi connectivity index (χ2n) is 4.85. The Morgan fingerprint density at radius 3 is 3.05 bits per heavy atom. The topological polar surface area (TPSA) is 109 Å². The third-order valence-electron chi connectivity index (χ3n) is 3.58. The summed E-state index contributed by atoms with van der Waals surface area (Å²) in [7, 11) is 0. The van der Waals surface area contributed by atoms with Crippen molar-refractivity contribution in [3.63, 3.8) is 0 Å². The van der Waals surface area contributed by atoms with Crippen molar-refractivity contribution in [3.8, 4) is 6.07 Å². The lowest BCUT2D eigenvalue weighted by Crippen LogP contribution is -2.41. The summed E-state index contributed by atoms with van der Waals surface area (Å²) in [6.07, 6.45) is 5.23. The van der Waals surface area contributed by atoms with Gasteiger partial charge in [-0.3, -0.25) is 10.1 Å². The first-order valence-corrected chi connectivity index (χ1v) is 6.68. The molecule has 106 valence electrons. The SMILES string of the molecule is N#Cc1cc([N+](=O)[O-])cnc1N1CCCCC1CCN. The van der Waals surface area contributed by atoms with Crippen LogP contribution in [0.25, 0.3) is 0 Å². The molecular weight excluding hydrogens is 258 g/mol. The fraction of sp³-hybridized carbons (Fsp3) is 0.538. The second-order valence-corrected chi connectivity index (χ2v) is 4.85. The van der Waals surface area contributed by atoms with Gasteiger partial charge < -0.3 is 10.6 Å². The van der Waals surface area contributed by atoms with Gasteiger partial charge in [0.05, 0.1) is 4.92 Å². The lowest BCUT2D eigenvalue weighted by molar-refractivity contribution is -0.385. The summed E-state index contributed by atoms with van der Waals surface area (Å²) in [5.74, 6) is 0.538. The molecule has 20 heavy (non-hydrogen) atoms. The highest BCUT2D eigenvalue weighted by Crippen LogP contribution is 2.29. The first-order chi connectivity index (χ1) is 9.67. The molecule has 1 saturated heterocycles. The van der Waals surface area contributed by atoms with E-state index in [-0.39, 0.29) is 17.3 Å². The average Bonchev–Trinajstić information content (AvgIpc) is 2.47. The van der Waals surface area contributed by atoms with E-state index < -0.39 is 4.92 Å². The normalized spacial score (nSPS) is 18.6. The zero-order chi connectivity index (χ0) is 14.5. The van der Waals surface area contributed by atoms with Crippen LogP contribution in [0.4, 0.5) is 11.5 Å². The molecule has 1 atom stereocenters. The molecule has 0 saturated carbocycles. The highest BCUT2D eigenvalue weighted by molar-refractivity contribution is 5.58. The van der Waals surface area contributed by atoms with Gasteiger partial charge >= 0.3 is 0 Å². The van der Waals surface area contributed by atoms with E-state index in [9.17, 15) is 15.4 Å². The van der Waals surface area contributed by atoms with E-state index in [2.05, 4.69) is 9.88 Å². The van der Waals surface area contributed by atoms with E-state index in [1.165, 1.54) is 12.3 Å². The van der Waals surface area contributed by atoms with Crippen molar-refractivity contribution >= 4 is 11.5 Å². The predicted octanol–water partition coefficient (Wildman–Crippen LogP) is 1.57. The average molecular weight is 275 g/mol. The first kappa shape index (κ1) is 14.2. The van der Waals surface area contributed by atoms with Gasteiger partial charge in [0.15, 0.2) is 0 Å². The van der Waals surface area contributed by atoms with Gasteiger partial charge in [-0.2, -0.15) is 5.26 Å². The smallest absolute Gasteiger partial charge is 0.289 e. The Labute approximate surface area is 117 Å². The van der Waals surface area contributed by atoms with Gasteiger partial charge in [0.1, 0.15) is 23.6 Å². The van der Waals surface area contributed by atoms with Crippen LogP contribution in [-0.2, 0) is 0 Å². The lowest BCUT2D eigenvalue weighted by atomic mass is 9.98. The second kappa shape index (κ2) is 6.30. The van der Waals surface area contributed by atoms with Gasteiger partial charge in [0, 0.05) is 18.7 Å². The Hall–Kier alpha value is -2.20. The molecule has 0 radical (unpaired) electrons. The minimum absolute atomic E-state index is 0.155. The lowest BCUT2D eigenvalue weighted by Gasteiger charge is -2.36. The number of anilines is 1. The number of hydrogen-bond donors (Lipinski definition) is 1. The largest absolute Gasteiger partial charge is 0.352 e. The molecule has 0 amide bonds. The molecule has 2 heterocycles. The summed E-state index contributed by atoms with van der Waals surface area (Å²) in [6.45, 7) is 1.39. The third-order valence-corrected chi connectivity index (χ3v) is 3.58. The fourth-order valence-electron chi connectivity index (χ4n) is 2.63. The molecule has 2 N–H and O–H groups in total. The van der Waals surface area contributed by atoms with E-state index in [4.69, 9.17) is 5.73 Å². The van der Waals surface area contributed by atoms with Crippen LogP contribution in [0.15, 0.2) is 12.3 Å². The van der Waals surface area contributed by atoms with Crippen LogP contribution < -0.4 is 10.6 Å². The summed E-state index contributed by atoms with van der Waals surface area (Å²) in [4.78, 5) is 16.4. The molecule has 0 aromatic carbocycles. The van der Waals surface area contributed by atoms with Gasteiger partial charge in [0.2, 0.25) is 0 Å². The first-order valence-electron chi connectivity index (χ1n) is 6.68. The maximum atomic E-state index is 10.7. The zero-order valence-corrected chi connectivity index (χ0v) is 11.2. The van der Waals surface area contributed by atoms with Crippen LogP contribution in [0.2, 0.25) is 0 Å². The van der Waals surface area contributed by atoms with Crippen molar-refractivity contribution in [1.29, 1.82) is 5.26 Å². The fourth-order valence-corrected chi connectivity index (χ4v) is 2.63. The number of nitro groups is 1. The number of piperidine rings is 1. The summed E-state index contributed by atoms with van der Waals surface area (Å²) >= 11 is 0. The maximum Gasteiger partial charge on any atom is 0.289 e. The van der Waals surface area contributed by atoms with Crippen LogP contribution in [0, 0.1) is 21.4 Å². The standard InChI is InChI=1S/C13H17N5O2/c14-5-4-11-3-1-2-6-17(11)13-10(8-15)7-12(9-16-13)18(19)20/h7,9,11H,1-6,14H2. The number of nitrogens with two attached hydrogens (primary N) is 1. The van der Waals surface area contributed by atoms with E-state index in [0.29, 0.717) is 12.4 Å². The summed E-state index contributed by atoms with van der Waals surface area (Å²) in [5, 5.41) is 20.0. The zero-order valence-electron chi connectivity index (χ0n) is 11.2. The molecule has 1 aromatic rings. The van der Waals surface area contributed by atoms with Gasteiger partial charge in [-0.1, -0.05) is 0 Å². The highest BCUT2D eigenvalue weighted by Gasteiger charge is 2.26. The number of pyridine rings is 1. The summed E-state index contributed by atoms with van der Waals surface area (Å²) < 4.78 is 0. The molecule has 0 aliphatic carbocycles. The quantitative estimate of drug-likeness (QED) is 0.659. The minimum atomic E-state index is -0.537. The van der Waals surface area contributed by atoms with E-state index in [1.807, 2.05) is 6.07 Å². The Kier molecular flexibility index (Phi) is 4.48. The summed E-state index contributed by atoms with van der Waals surface area (Å²) in [6, 6.07) is 3.56. The van der Waals surface area contributed by atoms with Crippen molar-refractivity contribution in [2.24, 2.45) is 5.73 Å². The van der Waals surface area contributed by atoms with Crippen molar-refractivity contribution in [3.05, 3.63) is 27.9 Å². The molecule has 1 aliphatic heterocycles. The van der Waals surface area contributed by atoms with Crippen LogP contribution in [0.3, 0.4) is 0 Å². The minimum Gasteiger partial charge on any atom is -0.352 e. The highest BCUT2D eigenvalue weighted by atomic mass is 16.6. The molecule has 2 rings (SSSR count). The number of nitrogens with zero attached hydrogens (tertiary/aromatic N) is 4. The molecule has 0 bridgehead atoms. The van der Waals surface area contributed by atoms with E-state index in [0.717, 1.165) is 32.2 Å².